The van der Waals surface area contributed by atoms with E-state index in [1.54, 1.807) is 26.8 Å². The van der Waals surface area contributed by atoms with E-state index in [-0.39, 0.29) is 45.0 Å². The predicted molar refractivity (Wildman–Crippen MR) is 139 cm³/mol. The van der Waals surface area contributed by atoms with Crippen LogP contribution in [0.3, 0.4) is 0 Å². The van der Waals surface area contributed by atoms with Crippen molar-refractivity contribution in [2.45, 2.75) is 33.6 Å². The molecular weight excluding hydrogens is 508 g/mol. The van der Waals surface area contributed by atoms with Crippen LogP contribution in [-0.4, -0.2) is 54.2 Å². The summed E-state index contributed by atoms with van der Waals surface area (Å²) in [6.45, 7) is 6.62. The van der Waals surface area contributed by atoms with Gasteiger partial charge in [0.25, 0.3) is 11.6 Å². The van der Waals surface area contributed by atoms with E-state index >= 15 is 0 Å². The highest BCUT2D eigenvalue weighted by atomic mass is 32.1. The van der Waals surface area contributed by atoms with Crippen molar-refractivity contribution in [3.8, 4) is 0 Å². The summed E-state index contributed by atoms with van der Waals surface area (Å²) in [6, 6.07) is 4.27. The van der Waals surface area contributed by atoms with E-state index in [0.717, 1.165) is 37.3 Å². The lowest BCUT2D eigenvalue weighted by atomic mass is 10.1. The molecule has 0 saturated carbocycles. The average molecular weight is 535 g/mol. The molecule has 3 rings (SSSR count). The van der Waals surface area contributed by atoms with Crippen molar-refractivity contribution >= 4 is 62.9 Å². The Hall–Kier alpha value is -3.58. The Morgan fingerprint density at radius 2 is 1.78 bits per heavy atom. The Bertz CT molecular complexity index is 1210. The monoisotopic (exact) mass is 534 g/mol. The van der Waals surface area contributed by atoms with E-state index in [4.69, 9.17) is 21.7 Å². The van der Waals surface area contributed by atoms with Crippen molar-refractivity contribution in [2.24, 2.45) is 0 Å². The number of nitro groups is 1. The third-order valence-corrected chi connectivity index (χ3v) is 6.81. The van der Waals surface area contributed by atoms with Crippen LogP contribution in [-0.2, 0) is 9.47 Å². The molecule has 0 atom stereocenters. The van der Waals surface area contributed by atoms with E-state index in [9.17, 15) is 24.5 Å². The maximum atomic E-state index is 12.8. The normalized spacial score (nSPS) is 12.7. The highest BCUT2D eigenvalue weighted by Gasteiger charge is 2.28. The fourth-order valence-electron chi connectivity index (χ4n) is 3.79. The van der Waals surface area contributed by atoms with E-state index in [2.05, 4.69) is 10.6 Å². The molecule has 0 bridgehead atoms. The first-order chi connectivity index (χ1) is 17.2. The van der Waals surface area contributed by atoms with Crippen molar-refractivity contribution in [2.75, 3.05) is 36.5 Å². The third-order valence-electron chi connectivity index (χ3n) is 5.42. The smallest absolute Gasteiger partial charge is 0.348 e. The summed E-state index contributed by atoms with van der Waals surface area (Å²) in [6.07, 6.45) is 1.90. The molecule has 36 heavy (non-hydrogen) atoms. The number of esters is 2. The van der Waals surface area contributed by atoms with E-state index < -0.39 is 22.8 Å². The lowest BCUT2D eigenvalue weighted by Crippen LogP contribution is -2.34. The highest BCUT2D eigenvalue weighted by molar-refractivity contribution is 7.80. The summed E-state index contributed by atoms with van der Waals surface area (Å²) >= 11 is 6.19. The summed E-state index contributed by atoms with van der Waals surface area (Å²) < 4.78 is 10.2. The molecule has 192 valence electrons. The van der Waals surface area contributed by atoms with Crippen LogP contribution >= 0.6 is 23.6 Å². The van der Waals surface area contributed by atoms with Gasteiger partial charge in [0.15, 0.2) is 5.11 Å². The molecule has 1 aromatic carbocycles. The minimum absolute atomic E-state index is 0.0500. The number of carbonyl (C=O) groups excluding carboxylic acids is 3. The summed E-state index contributed by atoms with van der Waals surface area (Å²) in [4.78, 5) is 50.9. The summed E-state index contributed by atoms with van der Waals surface area (Å²) in [5.74, 6) is -1.93. The molecule has 0 unspecified atom stereocenters. The lowest BCUT2D eigenvalue weighted by Gasteiger charge is -2.18. The largest absolute Gasteiger partial charge is 0.462 e. The van der Waals surface area contributed by atoms with Crippen LogP contribution in [0.1, 0.15) is 62.6 Å². The zero-order valence-electron chi connectivity index (χ0n) is 20.0. The number of hydrogen-bond acceptors (Lipinski definition) is 10. The van der Waals surface area contributed by atoms with Crippen molar-refractivity contribution in [1.29, 1.82) is 0 Å². The number of thiophene rings is 1. The molecule has 1 aromatic heterocycles. The lowest BCUT2D eigenvalue weighted by molar-refractivity contribution is -0.384. The molecule has 2 heterocycles. The first kappa shape index (κ1) is 27.0. The van der Waals surface area contributed by atoms with Crippen molar-refractivity contribution in [3.63, 3.8) is 0 Å². The maximum Gasteiger partial charge on any atom is 0.348 e. The topological polar surface area (TPSA) is 140 Å². The number of rotatable bonds is 8. The molecule has 1 fully saturated rings. The van der Waals surface area contributed by atoms with E-state index in [1.807, 2.05) is 4.90 Å². The van der Waals surface area contributed by atoms with Crippen molar-refractivity contribution in [3.05, 3.63) is 49.9 Å². The molecule has 1 saturated heterocycles. The first-order valence-corrected chi connectivity index (χ1v) is 12.5. The molecule has 1 aliphatic rings. The quantitative estimate of drug-likeness (QED) is 0.221. The summed E-state index contributed by atoms with van der Waals surface area (Å²) in [7, 11) is 0. The number of nitro benzene ring substituents is 1. The fourth-order valence-corrected chi connectivity index (χ4v) is 5.14. The minimum atomic E-state index is -0.667. The van der Waals surface area contributed by atoms with Gasteiger partial charge < -0.3 is 19.7 Å². The molecule has 0 spiro atoms. The second-order valence-electron chi connectivity index (χ2n) is 7.76. The van der Waals surface area contributed by atoms with Crippen LogP contribution in [0.5, 0.6) is 0 Å². The number of nitrogens with zero attached hydrogens (tertiary/aromatic N) is 2. The van der Waals surface area contributed by atoms with Gasteiger partial charge in [-0.15, -0.1) is 11.3 Å². The Morgan fingerprint density at radius 1 is 1.14 bits per heavy atom. The Kier molecular flexibility index (Phi) is 8.93. The molecule has 1 amide bonds. The zero-order valence-corrected chi connectivity index (χ0v) is 21.7. The van der Waals surface area contributed by atoms with E-state index in [0.29, 0.717) is 11.3 Å². The molecule has 11 nitrogen and oxygen atoms in total. The summed E-state index contributed by atoms with van der Waals surface area (Å²) in [5.41, 5.74) is 0.818. The number of anilines is 2. The molecule has 2 N–H and O–H groups in total. The van der Waals surface area contributed by atoms with Gasteiger partial charge in [-0.2, -0.15) is 0 Å². The van der Waals surface area contributed by atoms with Crippen LogP contribution in [0.2, 0.25) is 0 Å². The Balaban J connectivity index is 1.81. The number of amides is 1. The molecule has 0 aliphatic carbocycles. The van der Waals surface area contributed by atoms with Gasteiger partial charge >= 0.3 is 11.9 Å². The first-order valence-electron chi connectivity index (χ1n) is 11.3. The molecular formula is C23H26N4O7S2. The fraction of sp³-hybridized carbons (Fsp3) is 0.391. The number of nitrogens with one attached hydrogen (secondary N) is 2. The number of benzene rings is 1. The highest BCUT2D eigenvalue weighted by Crippen LogP contribution is 2.35. The Morgan fingerprint density at radius 3 is 2.39 bits per heavy atom. The zero-order chi connectivity index (χ0) is 26.4. The van der Waals surface area contributed by atoms with Gasteiger partial charge in [0.05, 0.1) is 23.7 Å². The number of hydrogen-bond donors (Lipinski definition) is 2. The molecule has 1 aliphatic heterocycles. The summed E-state index contributed by atoms with van der Waals surface area (Å²) in [5, 5.41) is 16.9. The number of ether oxygens (including phenoxy) is 2. The third kappa shape index (κ3) is 5.97. The second-order valence-corrected chi connectivity index (χ2v) is 9.19. The minimum Gasteiger partial charge on any atom is -0.462 e. The van der Waals surface area contributed by atoms with E-state index in [1.165, 1.54) is 12.1 Å². The van der Waals surface area contributed by atoms with Crippen LogP contribution in [0.4, 0.5) is 16.4 Å². The standard InChI is InChI=1S/C23H26N4O7S2/c1-4-33-21(29)17-13(3)18(22(30)34-5-2)36-20(17)25-23(35)24-19(28)14-8-9-15(16(12-14)27(31)32)26-10-6-7-11-26/h8-9,12H,4-7,10-11H2,1-3H3,(H2,24,25,28,35). The van der Waals surface area contributed by atoms with Crippen LogP contribution in [0.15, 0.2) is 18.2 Å². The van der Waals surface area contributed by atoms with Gasteiger partial charge in [-0.05, 0) is 63.5 Å². The van der Waals surface area contributed by atoms with Crippen molar-refractivity contribution in [1.82, 2.24) is 5.32 Å². The van der Waals surface area contributed by atoms with Crippen molar-refractivity contribution < 1.29 is 28.8 Å². The van der Waals surface area contributed by atoms with Crippen LogP contribution in [0, 0.1) is 17.0 Å². The van der Waals surface area contributed by atoms with Gasteiger partial charge in [0, 0.05) is 24.7 Å². The molecule has 13 heteroatoms. The average Bonchev–Trinajstić information content (AvgIpc) is 3.47. The van der Waals surface area contributed by atoms with Gasteiger partial charge in [-0.25, -0.2) is 9.59 Å². The second kappa shape index (κ2) is 11.9. The Labute approximate surface area is 216 Å². The predicted octanol–water partition coefficient (Wildman–Crippen LogP) is 4.05. The maximum absolute atomic E-state index is 12.8. The number of carbonyl (C=O) groups is 3. The van der Waals surface area contributed by atoms with Crippen LogP contribution in [0.25, 0.3) is 0 Å². The van der Waals surface area contributed by atoms with Crippen LogP contribution < -0.4 is 15.5 Å². The molecule has 2 aromatic rings. The molecule has 0 radical (unpaired) electrons. The van der Waals surface area contributed by atoms with Gasteiger partial charge in [0.1, 0.15) is 15.6 Å². The SMILES string of the molecule is CCOC(=O)c1sc(NC(=S)NC(=O)c2ccc(N3CCCC3)c([N+](=O)[O-])c2)c(C(=O)OCC)c1C. The van der Waals surface area contributed by atoms with Gasteiger partial charge in [-0.3, -0.25) is 20.2 Å². The van der Waals surface area contributed by atoms with Gasteiger partial charge in [0.2, 0.25) is 0 Å². The number of thiocarbonyl (C=S) groups is 1. The van der Waals surface area contributed by atoms with Gasteiger partial charge in [-0.1, -0.05) is 0 Å².